The van der Waals surface area contributed by atoms with Gasteiger partial charge in [-0.15, -0.1) is 0 Å². The van der Waals surface area contributed by atoms with Gasteiger partial charge in [-0.25, -0.2) is 81.8 Å². The Morgan fingerprint density at radius 1 is 0.418 bits per heavy atom. The van der Waals surface area contributed by atoms with Gasteiger partial charge in [0.2, 0.25) is 0 Å². The second-order valence-corrected chi connectivity index (χ2v) is 36.3. The molecule has 122 heavy (non-hydrogen) atoms. The van der Waals surface area contributed by atoms with Gasteiger partial charge in [0.25, 0.3) is 0 Å². The number of nitrogens with zero attached hydrogens (tertiary/aromatic N) is 20. The Bertz CT molecular complexity index is 6550. The van der Waals surface area contributed by atoms with Crippen LogP contribution in [-0.4, -0.2) is 144 Å². The van der Waals surface area contributed by atoms with E-state index >= 15 is 0 Å². The quantitative estimate of drug-likeness (QED) is 0.0442. The van der Waals surface area contributed by atoms with Crippen LogP contribution in [0.25, 0.3) is 134 Å². The molecule has 0 aromatic carbocycles. The predicted molar refractivity (Wildman–Crippen MR) is 463 cm³/mol. The molecule has 0 saturated heterocycles. The van der Waals surface area contributed by atoms with E-state index in [-0.39, 0.29) is 18.0 Å². The van der Waals surface area contributed by atoms with Crippen molar-refractivity contribution in [3.63, 3.8) is 0 Å². The number of fused-ring (bicyclic) bond motifs is 17. The Kier molecular flexibility index (Phi) is 21.0. The summed E-state index contributed by atoms with van der Waals surface area (Å²) in [4.78, 5) is 54.9. The normalized spacial score (nSPS) is 22.7. The average molecular weight is 1660 g/mol. The summed E-state index contributed by atoms with van der Waals surface area (Å²) in [6.07, 6.45) is 30.1. The number of H-pyrrole nitrogens is 4. The first-order chi connectivity index (χ1) is 59.0. The highest BCUT2D eigenvalue weighted by Crippen LogP contribution is 2.50. The van der Waals surface area contributed by atoms with Crippen LogP contribution in [0.3, 0.4) is 0 Å². The van der Waals surface area contributed by atoms with E-state index in [4.69, 9.17) is 39.9 Å². The highest BCUT2D eigenvalue weighted by molar-refractivity contribution is 5.97. The summed E-state index contributed by atoms with van der Waals surface area (Å²) >= 11 is 0. The Balaban J connectivity index is 0.000000107. The second kappa shape index (κ2) is 32.1. The topological polar surface area (TPSA) is 325 Å². The lowest BCUT2D eigenvalue weighted by molar-refractivity contribution is 0.0929. The summed E-state index contributed by atoms with van der Waals surface area (Å²) in [7, 11) is 3.94. The van der Waals surface area contributed by atoms with Crippen LogP contribution in [0, 0.1) is 87.9 Å². The van der Waals surface area contributed by atoms with Crippen molar-refractivity contribution in [3.8, 4) is 46.1 Å². The molecule has 0 spiro atoms. The zero-order valence-corrected chi connectivity index (χ0v) is 70.5. The first-order valence-electron chi connectivity index (χ1n) is 43.2. The predicted octanol–water partition coefficient (Wildman–Crippen LogP) is 19.0. The van der Waals surface area contributed by atoms with E-state index < -0.39 is 29.9 Å². The van der Waals surface area contributed by atoms with Crippen LogP contribution in [-0.2, 0) is 27.1 Å². The van der Waals surface area contributed by atoms with Crippen molar-refractivity contribution in [2.75, 3.05) is 22.6 Å². The Hall–Kier alpha value is -12.0. The number of halogens is 5. The van der Waals surface area contributed by atoms with Crippen molar-refractivity contribution in [3.05, 3.63) is 127 Å². The number of hydrogen-bond acceptors (Lipinski definition) is 19. The molecule has 9 saturated carbocycles. The van der Waals surface area contributed by atoms with E-state index in [1.165, 1.54) is 114 Å². The molecule has 27 nitrogen and oxygen atoms in total. The summed E-state index contributed by atoms with van der Waals surface area (Å²) in [5, 5.41) is 46.2. The van der Waals surface area contributed by atoms with Gasteiger partial charge < -0.3 is 34.2 Å². The number of aromatic amines is 4. The Morgan fingerprint density at radius 3 is 1.11 bits per heavy atom. The minimum atomic E-state index is -0.489. The number of hydrogen-bond donors (Lipinski definition) is 7. The van der Waals surface area contributed by atoms with Gasteiger partial charge in [0, 0.05) is 68.4 Å². The van der Waals surface area contributed by atoms with E-state index in [9.17, 15) is 22.0 Å². The fourth-order valence-electron chi connectivity index (χ4n) is 21.0. The largest absolute Gasteiger partial charge is 0.366 e. The van der Waals surface area contributed by atoms with Crippen molar-refractivity contribution in [2.45, 2.75) is 183 Å². The number of aryl methyl sites for hydroxylation is 3. The van der Waals surface area contributed by atoms with E-state index in [0.717, 1.165) is 105 Å². The third-order valence-corrected chi connectivity index (χ3v) is 28.0. The summed E-state index contributed by atoms with van der Waals surface area (Å²) < 4.78 is 76.5. The first-order valence-corrected chi connectivity index (χ1v) is 43.2. The molecule has 9 aliphatic rings. The van der Waals surface area contributed by atoms with Crippen LogP contribution in [0.5, 0.6) is 0 Å². The molecule has 16 aromatic rings. The van der Waals surface area contributed by atoms with Crippen LogP contribution in [0.15, 0.2) is 98.1 Å². The molecule has 32 heteroatoms. The molecule has 9 aliphatic carbocycles. The van der Waals surface area contributed by atoms with Crippen molar-refractivity contribution in [2.24, 2.45) is 78.7 Å². The fourth-order valence-corrected chi connectivity index (χ4v) is 21.0. The van der Waals surface area contributed by atoms with Crippen molar-refractivity contribution in [1.82, 2.24) is 119 Å². The standard InChI is InChI=1S/C24H28FN7.C23H25F2N7.C22H24FN7.C21H25FN6/c1-12(2)32-9-8-17-22(27-19-13(3)14-4-6-15(19)7-5-14)28-23(29-24(17)32)20-18-10-16(25)11-26-21(18)31-30-20;1-12-13-2-4-14(5-3-13)18(12)27-21-16-6-8-32(9-7-24)23(16)29-22(28-21)19-17-10-15(25)11-26-20(17)31-30-19;1-11-12-3-5-13(6-4-12)17(11)25-20-15-7-8-30(2)22(15)27-21(26-20)18-16-9-14(23)10-24-19(16)29-28-18;1-6-12(21(2,3)4)9-16-14-7-8-28(5)20(14)25-19(24-16)17-15-10-13(22)11-23-18(15)27-26-17/h8-15,19H,4-7H2,1-3H3,(H,26,30,31)(H,27,28,29);6,8,10-14,18H,2-5,7,9H2,1H3,(H,26,30,31)(H,27,28,29);7-13,17H,3-6H2,1-2H3,(H,24,28,29)(H,25,26,27);7-8,10-12H,6,9H2,1-5H3,(H,23,26,27)/t;;;12-/m...0/s1. The van der Waals surface area contributed by atoms with Gasteiger partial charge in [-0.05, 0) is 210 Å². The third-order valence-electron chi connectivity index (χ3n) is 28.0. The van der Waals surface area contributed by atoms with Crippen molar-refractivity contribution < 1.29 is 22.0 Å². The maximum Gasteiger partial charge on any atom is 0.182 e. The van der Waals surface area contributed by atoms with Gasteiger partial charge in [-0.3, -0.25) is 20.4 Å². The van der Waals surface area contributed by atoms with E-state index in [0.29, 0.717) is 155 Å². The minimum absolute atomic E-state index is 0.175. The number of aromatic nitrogens is 24. The van der Waals surface area contributed by atoms with E-state index in [1.807, 2.05) is 47.9 Å². The fraction of sp³-hybridized carbons (Fsp3) is 0.467. The molecule has 16 aromatic heterocycles. The SMILES string of the molecule is CC1C2CCC(CC2)C1Nc1nc(-c2[nH]nc3ncc(F)cc23)nc2c1ccn2C.CC1C2CCC(CC2)C1Nc1nc(-c2[nH]nc3ncc(F)cc23)nc2c1ccn2C(C)C.CC1C2CCC(CC2)C1Nc1nc(-c2[nH]nc3ncc(F)cc23)nc2c1ccn2CCF.CC[C@@H](Cc1nc(-c2[nH]nc3ncc(F)cc23)nc2c1ccn2C)C(C)(C)C. The molecular formula is C90H102F5N27. The molecule has 632 valence electrons. The minimum Gasteiger partial charge on any atom is -0.366 e. The third kappa shape index (κ3) is 14.8. The van der Waals surface area contributed by atoms with Crippen LogP contribution >= 0.6 is 0 Å². The zero-order valence-electron chi connectivity index (χ0n) is 70.5. The maximum atomic E-state index is 13.9. The van der Waals surface area contributed by atoms with E-state index in [1.54, 1.807) is 4.57 Å². The Labute approximate surface area is 700 Å². The van der Waals surface area contributed by atoms with Crippen molar-refractivity contribution in [1.29, 1.82) is 0 Å². The molecule has 6 unspecified atom stereocenters. The Morgan fingerprint density at radius 2 is 0.746 bits per heavy atom. The van der Waals surface area contributed by atoms with E-state index in [2.05, 4.69) is 168 Å². The number of alkyl halides is 1. The van der Waals surface area contributed by atoms with Crippen LogP contribution in [0.1, 0.15) is 158 Å². The van der Waals surface area contributed by atoms with Gasteiger partial charge >= 0.3 is 0 Å². The number of rotatable bonds is 16. The smallest absolute Gasteiger partial charge is 0.182 e. The highest BCUT2D eigenvalue weighted by Gasteiger charge is 2.45. The van der Waals surface area contributed by atoms with Gasteiger partial charge in [0.1, 0.15) is 92.8 Å². The van der Waals surface area contributed by atoms with Crippen LogP contribution in [0.2, 0.25) is 0 Å². The molecule has 7 N–H and O–H groups in total. The lowest BCUT2D eigenvalue weighted by Gasteiger charge is -2.47. The lowest BCUT2D eigenvalue weighted by atomic mass is 9.62. The van der Waals surface area contributed by atoms with Gasteiger partial charge in [-0.1, -0.05) is 54.9 Å². The van der Waals surface area contributed by atoms with Crippen molar-refractivity contribution >= 4 is 106 Å². The maximum absolute atomic E-state index is 13.9. The summed E-state index contributed by atoms with van der Waals surface area (Å²) in [5.74, 6) is 9.29. The molecule has 9 fully saturated rings. The molecular weight excluding hydrogens is 1550 g/mol. The van der Waals surface area contributed by atoms with Gasteiger partial charge in [0.15, 0.2) is 45.9 Å². The van der Waals surface area contributed by atoms with Crippen LogP contribution in [0.4, 0.5) is 39.4 Å². The number of pyridine rings is 4. The molecule has 0 aliphatic heterocycles. The molecule has 0 radical (unpaired) electrons. The molecule has 6 bridgehead atoms. The molecule has 0 amide bonds. The average Bonchev–Trinajstić information content (AvgIpc) is 1.50. The highest BCUT2D eigenvalue weighted by atomic mass is 19.1. The van der Waals surface area contributed by atoms with Gasteiger partial charge in [-0.2, -0.15) is 20.4 Å². The lowest BCUT2D eigenvalue weighted by Crippen LogP contribution is -2.47. The number of nitrogens with one attached hydrogen (secondary N) is 7. The molecule has 16 heterocycles. The molecule has 25 rings (SSSR count). The van der Waals surface area contributed by atoms with Crippen LogP contribution < -0.4 is 16.0 Å². The molecule has 7 atom stereocenters. The number of anilines is 3. The zero-order chi connectivity index (χ0) is 84.3. The summed E-state index contributed by atoms with van der Waals surface area (Å²) in [5.41, 5.74) is 8.43. The first kappa shape index (κ1) is 79.8. The summed E-state index contributed by atoms with van der Waals surface area (Å²) in [6.45, 7) is 20.1. The summed E-state index contributed by atoms with van der Waals surface area (Å²) in [6, 6.07) is 15.2. The second-order valence-electron chi connectivity index (χ2n) is 36.3. The van der Waals surface area contributed by atoms with Gasteiger partial charge in [0.05, 0.1) is 74.7 Å². The monoisotopic (exact) mass is 1660 g/mol.